The minimum absolute atomic E-state index is 0.222. The number of ether oxygens (including phenoxy) is 6. The third-order valence-electron chi connectivity index (χ3n) is 7.85. The smallest absolute Gasteiger partial charge is 0.311 e. The van der Waals surface area contributed by atoms with E-state index in [2.05, 4.69) is 34.6 Å². The summed E-state index contributed by atoms with van der Waals surface area (Å²) in [5.41, 5.74) is 0.284. The number of rotatable bonds is 11. The summed E-state index contributed by atoms with van der Waals surface area (Å²) >= 11 is 0. The molecule has 0 aromatic rings. The Kier molecular flexibility index (Phi) is 11.1. The highest BCUT2D eigenvalue weighted by Gasteiger charge is 2.65. The van der Waals surface area contributed by atoms with Gasteiger partial charge >= 0.3 is 11.9 Å². The van der Waals surface area contributed by atoms with Crippen molar-refractivity contribution in [3.8, 4) is 0 Å². The summed E-state index contributed by atoms with van der Waals surface area (Å²) in [5.74, 6) is -1.81. The van der Waals surface area contributed by atoms with E-state index in [1.165, 1.54) is 6.92 Å². The third-order valence-corrected chi connectivity index (χ3v) is 11.1. The second kappa shape index (κ2) is 13.3. The highest BCUT2D eigenvalue weighted by Crippen LogP contribution is 2.48. The third kappa shape index (κ3) is 7.43. The lowest BCUT2D eigenvalue weighted by atomic mass is 9.85. The van der Waals surface area contributed by atoms with Crippen LogP contribution in [0, 0.1) is 18.8 Å². The molecule has 0 N–H and O–H groups in total. The molecule has 1 unspecified atom stereocenters. The van der Waals surface area contributed by atoms with E-state index in [9.17, 15) is 9.59 Å². The number of hydrogen-bond donors (Lipinski definition) is 0. The standard InChI is InChI=1S/C29H50O9Si/c1-11-12-21-22(38-39(17(2)3)18(4)5)24-23(36-21)25(34-19(6)30)26-29(32-10,37-24)15-13-20(35-26)14-16-33-27(31)28(7,8)9/h11,17-18,20-26,39H,1,12-16H2,2-10H3/t20-,21-,22+,23-,24+,25+,26-,29?/m1/s1. The Balaban J connectivity index is 1.85. The van der Waals surface area contributed by atoms with Crippen LogP contribution in [-0.4, -0.2) is 83.2 Å². The van der Waals surface area contributed by atoms with Crippen LogP contribution in [0.5, 0.6) is 0 Å². The van der Waals surface area contributed by atoms with Gasteiger partial charge in [-0.25, -0.2) is 0 Å². The summed E-state index contributed by atoms with van der Waals surface area (Å²) in [4.78, 5) is 24.5. The van der Waals surface area contributed by atoms with Crippen molar-refractivity contribution < 1.29 is 42.4 Å². The lowest BCUT2D eigenvalue weighted by Crippen LogP contribution is -2.69. The highest BCUT2D eigenvalue weighted by molar-refractivity contribution is 6.55. The molecule has 39 heavy (non-hydrogen) atoms. The first-order valence-corrected chi connectivity index (χ1v) is 16.2. The predicted molar refractivity (Wildman–Crippen MR) is 148 cm³/mol. The van der Waals surface area contributed by atoms with Crippen LogP contribution in [0.1, 0.15) is 81.1 Å². The van der Waals surface area contributed by atoms with Gasteiger partial charge in [0.05, 0.1) is 30.3 Å². The van der Waals surface area contributed by atoms with Crippen LogP contribution in [-0.2, 0) is 42.4 Å². The minimum atomic E-state index is -1.64. The van der Waals surface area contributed by atoms with Crippen LogP contribution in [0.15, 0.2) is 0 Å². The molecule has 8 atom stereocenters. The number of hydrogen-bond acceptors (Lipinski definition) is 9. The van der Waals surface area contributed by atoms with E-state index in [-0.39, 0.29) is 30.9 Å². The molecule has 0 amide bonds. The molecular formula is C29H50O9Si. The molecule has 3 fully saturated rings. The molecule has 3 aliphatic heterocycles. The van der Waals surface area contributed by atoms with Gasteiger partial charge in [0.2, 0.25) is 0 Å². The van der Waals surface area contributed by atoms with Crippen LogP contribution in [0.25, 0.3) is 0 Å². The summed E-state index contributed by atoms with van der Waals surface area (Å²) in [5, 5.41) is 0. The average molecular weight is 571 g/mol. The maximum atomic E-state index is 12.3. The molecule has 0 aromatic heterocycles. The van der Waals surface area contributed by atoms with Crippen molar-refractivity contribution >= 4 is 21.0 Å². The van der Waals surface area contributed by atoms with Gasteiger partial charge in [0.25, 0.3) is 0 Å². The zero-order chi connectivity index (χ0) is 29.1. The van der Waals surface area contributed by atoms with Crippen molar-refractivity contribution in [2.24, 2.45) is 5.41 Å². The Labute approximate surface area is 236 Å². The monoisotopic (exact) mass is 570 g/mol. The maximum Gasteiger partial charge on any atom is 0.311 e. The van der Waals surface area contributed by atoms with E-state index in [1.54, 1.807) is 7.11 Å². The van der Waals surface area contributed by atoms with E-state index in [0.717, 1.165) is 0 Å². The lowest BCUT2D eigenvalue weighted by molar-refractivity contribution is -0.382. The van der Waals surface area contributed by atoms with Crippen LogP contribution in [0.3, 0.4) is 0 Å². The molecule has 0 saturated carbocycles. The predicted octanol–water partition coefficient (Wildman–Crippen LogP) is 4.31. The van der Waals surface area contributed by atoms with Crippen molar-refractivity contribution in [1.29, 1.82) is 0 Å². The van der Waals surface area contributed by atoms with Gasteiger partial charge in [-0.2, -0.15) is 0 Å². The summed E-state index contributed by atoms with van der Waals surface area (Å²) in [6, 6.07) is 0. The number of carbonyl (C=O) groups excluding carboxylic acids is 2. The Morgan fingerprint density at radius 1 is 1.10 bits per heavy atom. The van der Waals surface area contributed by atoms with Gasteiger partial charge in [0.1, 0.15) is 12.2 Å². The van der Waals surface area contributed by atoms with Gasteiger partial charge in [-0.05, 0) is 58.0 Å². The SMILES string of the molecule is [CH2][CH]C[C@H]1O[C@@H]2[C@@H](OC3(OC)CC[C@H](CCOC(=O)C(C)(C)C)O[C@@H]3[C@H]2OC(C)=O)[C@H]1O[SiH](C(C)C)C(C)C. The molecule has 0 aromatic carbocycles. The van der Waals surface area contributed by atoms with Crippen molar-refractivity contribution in [1.82, 2.24) is 0 Å². The Bertz CT molecular complexity index is 820. The maximum absolute atomic E-state index is 12.3. The van der Waals surface area contributed by atoms with E-state index in [0.29, 0.717) is 36.8 Å². The molecule has 224 valence electrons. The Morgan fingerprint density at radius 2 is 1.77 bits per heavy atom. The summed E-state index contributed by atoms with van der Waals surface area (Å²) in [6.45, 7) is 19.8. The summed E-state index contributed by atoms with van der Waals surface area (Å²) in [6.07, 6.45) is 0.709. The first kappa shape index (κ1) is 32.5. The van der Waals surface area contributed by atoms with E-state index in [1.807, 2.05) is 27.2 Å². The fourth-order valence-electron chi connectivity index (χ4n) is 5.98. The molecule has 9 nitrogen and oxygen atoms in total. The van der Waals surface area contributed by atoms with Gasteiger partial charge in [0.15, 0.2) is 27.0 Å². The van der Waals surface area contributed by atoms with Crippen molar-refractivity contribution in [3.63, 3.8) is 0 Å². The number of esters is 2. The van der Waals surface area contributed by atoms with Crippen LogP contribution in [0.4, 0.5) is 0 Å². The first-order chi connectivity index (χ1) is 18.2. The van der Waals surface area contributed by atoms with Crippen LogP contribution in [0.2, 0.25) is 11.1 Å². The molecule has 3 heterocycles. The average Bonchev–Trinajstić information content (AvgIpc) is 3.17. The molecule has 0 spiro atoms. The number of methoxy groups -OCH3 is 1. The van der Waals surface area contributed by atoms with Crippen LogP contribution < -0.4 is 0 Å². The summed E-state index contributed by atoms with van der Waals surface area (Å²) in [7, 11) is -0.0454. The normalized spacial score (nSPS) is 34.7. The quantitative estimate of drug-likeness (QED) is 0.266. The van der Waals surface area contributed by atoms with Gasteiger partial charge < -0.3 is 32.8 Å². The fraction of sp³-hybridized carbons (Fsp3) is 0.862. The van der Waals surface area contributed by atoms with Crippen molar-refractivity contribution in [2.75, 3.05) is 13.7 Å². The second-order valence-corrected chi connectivity index (χ2v) is 16.6. The van der Waals surface area contributed by atoms with Crippen LogP contribution >= 0.6 is 0 Å². The van der Waals surface area contributed by atoms with Gasteiger partial charge in [-0.15, -0.1) is 0 Å². The van der Waals surface area contributed by atoms with Gasteiger partial charge in [-0.1, -0.05) is 27.7 Å². The van der Waals surface area contributed by atoms with Crippen molar-refractivity contribution in [3.05, 3.63) is 13.3 Å². The van der Waals surface area contributed by atoms with Gasteiger partial charge in [0, 0.05) is 26.9 Å². The van der Waals surface area contributed by atoms with Crippen molar-refractivity contribution in [2.45, 2.75) is 141 Å². The Morgan fingerprint density at radius 3 is 2.31 bits per heavy atom. The zero-order valence-corrected chi connectivity index (χ0v) is 26.4. The molecule has 10 heteroatoms. The lowest BCUT2D eigenvalue weighted by Gasteiger charge is -2.53. The van der Waals surface area contributed by atoms with E-state index >= 15 is 0 Å². The molecule has 3 rings (SSSR count). The summed E-state index contributed by atoms with van der Waals surface area (Å²) < 4.78 is 44.1. The molecule has 2 radical (unpaired) electrons. The second-order valence-electron chi connectivity index (χ2n) is 12.8. The van der Waals surface area contributed by atoms with E-state index in [4.69, 9.17) is 32.8 Å². The molecule has 0 bridgehead atoms. The fourth-order valence-corrected chi connectivity index (χ4v) is 8.84. The highest BCUT2D eigenvalue weighted by atomic mass is 28.3. The molecule has 3 aliphatic rings. The van der Waals surface area contributed by atoms with Gasteiger partial charge in [-0.3, -0.25) is 9.59 Å². The zero-order valence-electron chi connectivity index (χ0n) is 25.3. The molecular weight excluding hydrogens is 520 g/mol. The molecule has 0 aliphatic carbocycles. The molecule has 3 saturated heterocycles. The first-order valence-electron chi connectivity index (χ1n) is 14.4. The van der Waals surface area contributed by atoms with E-state index < -0.39 is 50.6 Å². The topological polar surface area (TPSA) is 98.8 Å². The number of fused-ring (bicyclic) bond motifs is 2. The Hall–Kier alpha value is -1.04. The number of carbonyl (C=O) groups is 2. The largest absolute Gasteiger partial charge is 0.465 e. The minimum Gasteiger partial charge on any atom is -0.465 e.